The quantitative estimate of drug-likeness (QED) is 0.562. The van der Waals surface area contributed by atoms with Crippen LogP contribution < -0.4 is 4.74 Å². The highest BCUT2D eigenvalue weighted by Gasteiger charge is 2.32. The smallest absolute Gasteiger partial charge is 0.305 e. The van der Waals surface area contributed by atoms with Crippen molar-refractivity contribution in [3.05, 3.63) is 27.1 Å². The Hall–Kier alpha value is -1.58. The van der Waals surface area contributed by atoms with Gasteiger partial charge in [0.2, 0.25) is 0 Å². The second kappa shape index (κ2) is 7.33. The Morgan fingerprint density at radius 1 is 1.52 bits per heavy atom. The number of ether oxygens (including phenoxy) is 1. The molecule has 0 radical (unpaired) electrons. The molecule has 1 aliphatic rings. The van der Waals surface area contributed by atoms with Crippen LogP contribution in [0.5, 0.6) is 11.5 Å². The third-order valence-electron chi connectivity index (χ3n) is 3.00. The third kappa shape index (κ3) is 4.04. The molecule has 23 heavy (non-hydrogen) atoms. The lowest BCUT2D eigenvalue weighted by atomic mass is 10.1. The fraction of sp³-hybridized carbons (Fsp3) is 0.214. The largest absolute Gasteiger partial charge is 0.504 e. The number of rotatable bonds is 5. The number of carboxylic acids is 1. The molecular formula is C14H12BrNO5S2. The normalized spacial score (nSPS) is 16.3. The number of phenolic OH excluding ortho intramolecular Hbond substituents is 1. The number of hydrogen-bond acceptors (Lipinski definition) is 6. The van der Waals surface area contributed by atoms with E-state index in [2.05, 4.69) is 15.9 Å². The SMILES string of the molecule is COc1cc(Br)cc(/C=C2\SC(=S)N(CCC(=O)O)C2=O)c1O. The van der Waals surface area contributed by atoms with E-state index in [0.29, 0.717) is 19.3 Å². The first-order valence-electron chi connectivity index (χ1n) is 6.37. The van der Waals surface area contributed by atoms with Gasteiger partial charge < -0.3 is 14.9 Å². The Balaban J connectivity index is 2.31. The summed E-state index contributed by atoms with van der Waals surface area (Å²) in [5.74, 6) is -1.20. The second-order valence-electron chi connectivity index (χ2n) is 4.52. The summed E-state index contributed by atoms with van der Waals surface area (Å²) < 4.78 is 6.04. The molecule has 1 fully saturated rings. The van der Waals surface area contributed by atoms with E-state index in [-0.39, 0.29) is 30.4 Å². The van der Waals surface area contributed by atoms with Crippen molar-refractivity contribution in [1.29, 1.82) is 0 Å². The van der Waals surface area contributed by atoms with E-state index in [1.165, 1.54) is 18.1 Å². The predicted molar refractivity (Wildman–Crippen MR) is 94.5 cm³/mol. The molecule has 0 unspecified atom stereocenters. The molecule has 122 valence electrons. The number of methoxy groups -OCH3 is 1. The maximum atomic E-state index is 12.3. The molecule has 2 N–H and O–H groups in total. The van der Waals surface area contributed by atoms with Crippen LogP contribution in [-0.2, 0) is 9.59 Å². The van der Waals surface area contributed by atoms with Crippen molar-refractivity contribution in [3.8, 4) is 11.5 Å². The van der Waals surface area contributed by atoms with Crippen molar-refractivity contribution >= 4 is 62.2 Å². The number of halogens is 1. The van der Waals surface area contributed by atoms with Gasteiger partial charge in [0.15, 0.2) is 11.5 Å². The lowest BCUT2D eigenvalue weighted by Crippen LogP contribution is -2.30. The van der Waals surface area contributed by atoms with E-state index in [4.69, 9.17) is 22.1 Å². The van der Waals surface area contributed by atoms with Crippen LogP contribution in [0.2, 0.25) is 0 Å². The predicted octanol–water partition coefficient (Wildman–Crippen LogP) is 2.84. The monoisotopic (exact) mass is 417 g/mol. The number of thiocarbonyl (C=S) groups is 1. The van der Waals surface area contributed by atoms with Crippen LogP contribution >= 0.6 is 39.9 Å². The topological polar surface area (TPSA) is 87.1 Å². The van der Waals surface area contributed by atoms with Gasteiger partial charge in [-0.25, -0.2) is 0 Å². The molecule has 1 aromatic carbocycles. The van der Waals surface area contributed by atoms with Gasteiger partial charge in [0, 0.05) is 16.6 Å². The van der Waals surface area contributed by atoms with Crippen molar-refractivity contribution in [2.75, 3.05) is 13.7 Å². The van der Waals surface area contributed by atoms with Crippen molar-refractivity contribution in [3.63, 3.8) is 0 Å². The summed E-state index contributed by atoms with van der Waals surface area (Å²) in [7, 11) is 1.43. The minimum Gasteiger partial charge on any atom is -0.504 e. The Morgan fingerprint density at radius 2 is 2.22 bits per heavy atom. The van der Waals surface area contributed by atoms with Crippen LogP contribution in [0.4, 0.5) is 0 Å². The van der Waals surface area contributed by atoms with Crippen LogP contribution in [0.15, 0.2) is 21.5 Å². The molecule has 0 atom stereocenters. The van der Waals surface area contributed by atoms with Gasteiger partial charge in [-0.3, -0.25) is 14.5 Å². The molecule has 6 nitrogen and oxygen atoms in total. The Kier molecular flexibility index (Phi) is 5.66. The number of benzene rings is 1. The first-order valence-corrected chi connectivity index (χ1v) is 8.39. The van der Waals surface area contributed by atoms with E-state index in [1.54, 1.807) is 12.1 Å². The third-order valence-corrected chi connectivity index (χ3v) is 4.83. The van der Waals surface area contributed by atoms with Crippen molar-refractivity contribution in [1.82, 2.24) is 4.90 Å². The minimum atomic E-state index is -1.00. The molecule has 1 amide bonds. The standard InChI is InChI=1S/C14H12BrNO5S2/c1-21-9-6-8(15)4-7(12(9)19)5-10-13(20)16(14(22)23-10)3-2-11(17)18/h4-6,19H,2-3H2,1H3,(H,17,18)/b10-5-. The molecular weight excluding hydrogens is 406 g/mol. The fourth-order valence-corrected chi connectivity index (χ4v) is 3.66. The molecule has 0 aliphatic carbocycles. The average molecular weight is 418 g/mol. The molecule has 9 heteroatoms. The highest BCUT2D eigenvalue weighted by Crippen LogP contribution is 2.38. The number of aliphatic carboxylic acids is 1. The zero-order chi connectivity index (χ0) is 17.1. The lowest BCUT2D eigenvalue weighted by molar-refractivity contribution is -0.137. The average Bonchev–Trinajstić information content (AvgIpc) is 2.74. The Morgan fingerprint density at radius 3 is 2.83 bits per heavy atom. The van der Waals surface area contributed by atoms with Gasteiger partial charge in [-0.2, -0.15) is 0 Å². The maximum Gasteiger partial charge on any atom is 0.305 e. The molecule has 2 rings (SSSR count). The molecule has 0 bridgehead atoms. The van der Waals surface area contributed by atoms with Crippen LogP contribution in [-0.4, -0.2) is 45.0 Å². The van der Waals surface area contributed by atoms with Crippen LogP contribution in [0, 0.1) is 0 Å². The number of aromatic hydroxyl groups is 1. The van der Waals surface area contributed by atoms with E-state index >= 15 is 0 Å². The van der Waals surface area contributed by atoms with Crippen LogP contribution in [0.1, 0.15) is 12.0 Å². The fourth-order valence-electron chi connectivity index (χ4n) is 1.90. The summed E-state index contributed by atoms with van der Waals surface area (Å²) in [5.41, 5.74) is 0.398. The van der Waals surface area contributed by atoms with Gasteiger partial charge >= 0.3 is 5.97 Å². The van der Waals surface area contributed by atoms with Crippen molar-refractivity contribution in [2.24, 2.45) is 0 Å². The Bertz CT molecular complexity index is 719. The first-order chi connectivity index (χ1) is 10.8. The highest BCUT2D eigenvalue weighted by molar-refractivity contribution is 9.10. The minimum absolute atomic E-state index is 0.0190. The van der Waals surface area contributed by atoms with Gasteiger partial charge in [0.25, 0.3) is 5.91 Å². The lowest BCUT2D eigenvalue weighted by Gasteiger charge is -2.12. The van der Waals surface area contributed by atoms with Gasteiger partial charge in [-0.1, -0.05) is 39.9 Å². The zero-order valence-electron chi connectivity index (χ0n) is 11.9. The maximum absolute atomic E-state index is 12.3. The van der Waals surface area contributed by atoms with E-state index in [1.807, 2.05) is 0 Å². The molecule has 1 aliphatic heterocycles. The summed E-state index contributed by atoms with van der Waals surface area (Å²) in [6.45, 7) is 0.0190. The van der Waals surface area contributed by atoms with E-state index in [9.17, 15) is 14.7 Å². The number of amides is 1. The second-order valence-corrected chi connectivity index (χ2v) is 7.11. The number of phenols is 1. The van der Waals surface area contributed by atoms with Crippen LogP contribution in [0.3, 0.4) is 0 Å². The molecule has 1 saturated heterocycles. The molecule has 0 saturated carbocycles. The number of nitrogens with zero attached hydrogens (tertiary/aromatic N) is 1. The van der Waals surface area contributed by atoms with Gasteiger partial charge in [-0.15, -0.1) is 0 Å². The van der Waals surface area contributed by atoms with Gasteiger partial charge in [-0.05, 0) is 18.2 Å². The number of thioether (sulfide) groups is 1. The van der Waals surface area contributed by atoms with E-state index < -0.39 is 5.97 Å². The summed E-state index contributed by atoms with van der Waals surface area (Å²) in [6.07, 6.45) is 1.32. The summed E-state index contributed by atoms with van der Waals surface area (Å²) in [4.78, 5) is 24.5. The zero-order valence-corrected chi connectivity index (χ0v) is 15.1. The molecule has 0 aromatic heterocycles. The van der Waals surface area contributed by atoms with Crippen molar-refractivity contribution < 1.29 is 24.5 Å². The highest BCUT2D eigenvalue weighted by atomic mass is 79.9. The number of hydrogen-bond donors (Lipinski definition) is 2. The van der Waals surface area contributed by atoms with Crippen LogP contribution in [0.25, 0.3) is 6.08 Å². The van der Waals surface area contributed by atoms with Gasteiger partial charge in [0.1, 0.15) is 4.32 Å². The first kappa shape index (κ1) is 17.8. The summed E-state index contributed by atoms with van der Waals surface area (Å²) in [6, 6.07) is 3.24. The number of carbonyl (C=O) groups is 2. The van der Waals surface area contributed by atoms with E-state index in [0.717, 1.165) is 11.8 Å². The molecule has 1 aromatic rings. The Labute approximate surface area is 150 Å². The summed E-state index contributed by atoms with van der Waals surface area (Å²) >= 11 is 9.48. The van der Waals surface area contributed by atoms with Gasteiger partial charge in [0.05, 0.1) is 18.4 Å². The molecule has 1 heterocycles. The number of carboxylic acid groups (broad SMARTS) is 1. The summed E-state index contributed by atoms with van der Waals surface area (Å²) in [5, 5.41) is 18.8. The molecule has 0 spiro atoms. The number of carbonyl (C=O) groups excluding carboxylic acids is 1. The van der Waals surface area contributed by atoms with Crippen molar-refractivity contribution in [2.45, 2.75) is 6.42 Å².